The highest BCUT2D eigenvalue weighted by Crippen LogP contribution is 2.17. The summed E-state index contributed by atoms with van der Waals surface area (Å²) in [4.78, 5) is 25.9. The van der Waals surface area contributed by atoms with Gasteiger partial charge >= 0.3 is 5.97 Å². The normalized spacial score (nSPS) is 10.5. The molecular weight excluding hydrogens is 236 g/mol. The predicted molar refractivity (Wildman–Crippen MR) is 63.1 cm³/mol. The number of nitrogens with one attached hydrogen (secondary N) is 1. The lowest BCUT2D eigenvalue weighted by Gasteiger charge is -2.02. The number of carbonyl (C=O) groups is 2. The predicted octanol–water partition coefficient (Wildman–Crippen LogP) is 0.880. The van der Waals surface area contributed by atoms with E-state index in [1.54, 1.807) is 25.1 Å². The van der Waals surface area contributed by atoms with E-state index < -0.39 is 5.97 Å². The van der Waals surface area contributed by atoms with Gasteiger partial charge in [0.15, 0.2) is 11.5 Å². The van der Waals surface area contributed by atoms with Crippen LogP contribution in [0.1, 0.15) is 11.5 Å². The number of hydrogen-bond donors (Lipinski definition) is 2. The van der Waals surface area contributed by atoms with Gasteiger partial charge in [0.05, 0.1) is 6.42 Å². The van der Waals surface area contributed by atoms with E-state index in [9.17, 15) is 9.59 Å². The Balaban J connectivity index is 2.07. The number of aromatic nitrogens is 1. The summed E-state index contributed by atoms with van der Waals surface area (Å²) in [6, 6.07) is 5.27. The highest BCUT2D eigenvalue weighted by molar-refractivity contribution is 5.84. The molecular formula is C12H12N2O4. The molecule has 1 amide bonds. The molecule has 18 heavy (non-hydrogen) atoms. The summed E-state index contributed by atoms with van der Waals surface area (Å²) in [6.45, 7) is 1.38. The lowest BCUT2D eigenvalue weighted by Crippen LogP contribution is -2.30. The standard InChI is InChI=1S/C12H12N2O4/c1-7-14-9-3-2-8(4-10(9)18-7)5-11(15)13-6-12(16)17/h2-4H,5-6H2,1H3,(H,13,15)(H,16,17). The SMILES string of the molecule is Cc1nc2ccc(CC(=O)NCC(=O)O)cc2o1. The van der Waals surface area contributed by atoms with Crippen molar-refractivity contribution in [3.8, 4) is 0 Å². The first-order valence-corrected chi connectivity index (χ1v) is 5.39. The van der Waals surface area contributed by atoms with Crippen molar-refractivity contribution < 1.29 is 19.1 Å². The molecule has 0 aliphatic carbocycles. The second-order valence-electron chi connectivity index (χ2n) is 3.88. The van der Waals surface area contributed by atoms with Crippen LogP contribution in [-0.4, -0.2) is 28.5 Å². The van der Waals surface area contributed by atoms with E-state index in [1.807, 2.05) is 0 Å². The molecule has 0 aliphatic rings. The molecule has 6 nitrogen and oxygen atoms in total. The topological polar surface area (TPSA) is 92.4 Å². The van der Waals surface area contributed by atoms with Gasteiger partial charge in [0.2, 0.25) is 5.91 Å². The van der Waals surface area contributed by atoms with Crippen LogP contribution in [-0.2, 0) is 16.0 Å². The molecule has 6 heteroatoms. The van der Waals surface area contributed by atoms with E-state index in [2.05, 4.69) is 10.3 Å². The number of hydrogen-bond acceptors (Lipinski definition) is 4. The first-order chi connectivity index (χ1) is 8.54. The number of oxazole rings is 1. The maximum Gasteiger partial charge on any atom is 0.322 e. The average molecular weight is 248 g/mol. The van der Waals surface area contributed by atoms with Crippen LogP contribution < -0.4 is 5.32 Å². The van der Waals surface area contributed by atoms with Crippen molar-refractivity contribution in [1.82, 2.24) is 10.3 Å². The van der Waals surface area contributed by atoms with Crippen molar-refractivity contribution in [3.05, 3.63) is 29.7 Å². The third-order valence-electron chi connectivity index (χ3n) is 2.36. The first kappa shape index (κ1) is 12.1. The molecule has 0 spiro atoms. The van der Waals surface area contributed by atoms with Crippen LogP contribution in [0.3, 0.4) is 0 Å². The fraction of sp³-hybridized carbons (Fsp3) is 0.250. The Hall–Kier alpha value is -2.37. The minimum atomic E-state index is -1.07. The molecule has 1 aromatic carbocycles. The molecule has 0 aliphatic heterocycles. The van der Waals surface area contributed by atoms with Crippen LogP contribution >= 0.6 is 0 Å². The number of carbonyl (C=O) groups excluding carboxylic acids is 1. The number of aryl methyl sites for hydroxylation is 1. The molecule has 0 bridgehead atoms. The van der Waals surface area contributed by atoms with Crippen LogP contribution in [0, 0.1) is 6.92 Å². The largest absolute Gasteiger partial charge is 0.480 e. The van der Waals surface area contributed by atoms with Gasteiger partial charge < -0.3 is 14.8 Å². The number of aliphatic carboxylic acids is 1. The fourth-order valence-corrected chi connectivity index (χ4v) is 1.62. The molecule has 0 fully saturated rings. The van der Waals surface area contributed by atoms with Gasteiger partial charge in [-0.15, -0.1) is 0 Å². The Labute approximate surface area is 103 Å². The number of rotatable bonds is 4. The molecule has 0 atom stereocenters. The maximum atomic E-state index is 11.4. The van der Waals surface area contributed by atoms with Gasteiger partial charge in [-0.3, -0.25) is 9.59 Å². The van der Waals surface area contributed by atoms with E-state index in [-0.39, 0.29) is 18.9 Å². The van der Waals surface area contributed by atoms with Gasteiger partial charge in [0, 0.05) is 6.92 Å². The summed E-state index contributed by atoms with van der Waals surface area (Å²) >= 11 is 0. The van der Waals surface area contributed by atoms with Gasteiger partial charge in [0.25, 0.3) is 0 Å². The zero-order chi connectivity index (χ0) is 13.1. The van der Waals surface area contributed by atoms with Crippen molar-refractivity contribution >= 4 is 23.0 Å². The van der Waals surface area contributed by atoms with Crippen molar-refractivity contribution in [2.75, 3.05) is 6.54 Å². The summed E-state index contributed by atoms with van der Waals surface area (Å²) in [5.41, 5.74) is 2.11. The van der Waals surface area contributed by atoms with E-state index in [4.69, 9.17) is 9.52 Å². The molecule has 1 heterocycles. The third-order valence-corrected chi connectivity index (χ3v) is 2.36. The Morgan fingerprint density at radius 1 is 1.44 bits per heavy atom. The lowest BCUT2D eigenvalue weighted by molar-refractivity contribution is -0.137. The van der Waals surface area contributed by atoms with E-state index in [0.29, 0.717) is 11.5 Å². The Morgan fingerprint density at radius 3 is 2.94 bits per heavy atom. The van der Waals surface area contributed by atoms with E-state index in [1.165, 1.54) is 0 Å². The quantitative estimate of drug-likeness (QED) is 0.837. The number of carboxylic acids is 1. The van der Waals surface area contributed by atoms with Crippen molar-refractivity contribution in [2.45, 2.75) is 13.3 Å². The van der Waals surface area contributed by atoms with Crippen molar-refractivity contribution in [1.29, 1.82) is 0 Å². The summed E-state index contributed by atoms with van der Waals surface area (Å²) < 4.78 is 5.35. The first-order valence-electron chi connectivity index (χ1n) is 5.39. The monoisotopic (exact) mass is 248 g/mol. The highest BCUT2D eigenvalue weighted by Gasteiger charge is 2.08. The Kier molecular flexibility index (Phi) is 3.27. The highest BCUT2D eigenvalue weighted by atomic mass is 16.4. The minimum absolute atomic E-state index is 0.114. The van der Waals surface area contributed by atoms with E-state index >= 15 is 0 Å². The van der Waals surface area contributed by atoms with Gasteiger partial charge in [0.1, 0.15) is 12.1 Å². The van der Waals surface area contributed by atoms with Crippen molar-refractivity contribution in [2.24, 2.45) is 0 Å². The Bertz CT molecular complexity index is 603. The summed E-state index contributed by atoms with van der Waals surface area (Å²) in [7, 11) is 0. The van der Waals surface area contributed by atoms with Gasteiger partial charge in [-0.05, 0) is 17.7 Å². The molecule has 0 radical (unpaired) electrons. The van der Waals surface area contributed by atoms with E-state index in [0.717, 1.165) is 11.1 Å². The fourth-order valence-electron chi connectivity index (χ4n) is 1.62. The summed E-state index contributed by atoms with van der Waals surface area (Å²) in [6.07, 6.45) is 0.114. The molecule has 1 aromatic heterocycles. The zero-order valence-electron chi connectivity index (χ0n) is 9.77. The molecule has 2 N–H and O–H groups in total. The third kappa shape index (κ3) is 2.85. The second-order valence-corrected chi connectivity index (χ2v) is 3.88. The molecule has 2 aromatic rings. The van der Waals surface area contributed by atoms with Crippen LogP contribution in [0.25, 0.3) is 11.1 Å². The van der Waals surface area contributed by atoms with Crippen LogP contribution in [0.2, 0.25) is 0 Å². The average Bonchev–Trinajstić information content (AvgIpc) is 2.66. The zero-order valence-corrected chi connectivity index (χ0v) is 9.77. The molecule has 0 unspecified atom stereocenters. The smallest absolute Gasteiger partial charge is 0.322 e. The second kappa shape index (κ2) is 4.87. The molecule has 0 saturated heterocycles. The molecule has 94 valence electrons. The number of amides is 1. The summed E-state index contributed by atoms with van der Waals surface area (Å²) in [5, 5.41) is 10.7. The number of carboxylic acid groups (broad SMARTS) is 1. The van der Waals surface area contributed by atoms with Crippen molar-refractivity contribution in [3.63, 3.8) is 0 Å². The van der Waals surface area contributed by atoms with Gasteiger partial charge in [-0.1, -0.05) is 6.07 Å². The number of fused-ring (bicyclic) bond motifs is 1. The molecule has 2 rings (SSSR count). The number of benzene rings is 1. The lowest BCUT2D eigenvalue weighted by atomic mass is 10.1. The van der Waals surface area contributed by atoms with Gasteiger partial charge in [-0.2, -0.15) is 0 Å². The van der Waals surface area contributed by atoms with Crippen LogP contribution in [0.4, 0.5) is 0 Å². The van der Waals surface area contributed by atoms with Gasteiger partial charge in [-0.25, -0.2) is 4.98 Å². The van der Waals surface area contributed by atoms with Crippen LogP contribution in [0.5, 0.6) is 0 Å². The molecule has 0 saturated carbocycles. The number of nitrogens with zero attached hydrogens (tertiary/aromatic N) is 1. The minimum Gasteiger partial charge on any atom is -0.480 e. The van der Waals surface area contributed by atoms with Crippen LogP contribution in [0.15, 0.2) is 22.6 Å². The maximum absolute atomic E-state index is 11.4. The summed E-state index contributed by atoms with van der Waals surface area (Å²) in [5.74, 6) is -0.838. The Morgan fingerprint density at radius 2 is 2.22 bits per heavy atom.